The summed E-state index contributed by atoms with van der Waals surface area (Å²) in [5.74, 6) is -0.546. The van der Waals surface area contributed by atoms with Crippen LogP contribution < -0.4 is 0 Å². The predicted octanol–water partition coefficient (Wildman–Crippen LogP) is 2.39. The quantitative estimate of drug-likeness (QED) is 0.882. The van der Waals surface area contributed by atoms with Gasteiger partial charge in [-0.3, -0.25) is 4.68 Å². The van der Waals surface area contributed by atoms with Gasteiger partial charge in [-0.05, 0) is 17.7 Å². The maximum atomic E-state index is 12.8. The Kier molecular flexibility index (Phi) is 3.35. The van der Waals surface area contributed by atoms with Crippen LogP contribution >= 0.6 is 0 Å². The van der Waals surface area contributed by atoms with Gasteiger partial charge in [0.1, 0.15) is 5.83 Å². The first-order chi connectivity index (χ1) is 8.19. The number of aryl methyl sites for hydroxylation is 1. The van der Waals surface area contributed by atoms with Gasteiger partial charge >= 0.3 is 0 Å². The smallest absolute Gasteiger partial charge is 0.126 e. The number of rotatable bonds is 3. The Labute approximate surface area is 98.8 Å². The Morgan fingerprint density at radius 2 is 2.06 bits per heavy atom. The number of aliphatic hydroxyl groups excluding tert-OH is 1. The van der Waals surface area contributed by atoms with E-state index in [1.54, 1.807) is 16.8 Å². The van der Waals surface area contributed by atoms with Crippen LogP contribution in [0.2, 0.25) is 0 Å². The fraction of sp³-hybridized carbons (Fsp3) is 0.154. The van der Waals surface area contributed by atoms with Crippen LogP contribution in [0.5, 0.6) is 0 Å². The highest BCUT2D eigenvalue weighted by Gasteiger charge is 2.00. The molecular formula is C13H13FN2O. The van der Waals surface area contributed by atoms with E-state index >= 15 is 0 Å². The van der Waals surface area contributed by atoms with Gasteiger partial charge < -0.3 is 5.11 Å². The van der Waals surface area contributed by atoms with Crippen molar-refractivity contribution < 1.29 is 9.50 Å². The Bertz CT molecular complexity index is 529. The first-order valence-electron chi connectivity index (χ1n) is 5.26. The van der Waals surface area contributed by atoms with Crippen LogP contribution in [0.25, 0.3) is 17.3 Å². The van der Waals surface area contributed by atoms with Crippen molar-refractivity contribution in [2.24, 2.45) is 7.05 Å². The second kappa shape index (κ2) is 4.93. The van der Waals surface area contributed by atoms with E-state index in [1.807, 2.05) is 31.4 Å². The molecule has 0 radical (unpaired) electrons. The summed E-state index contributed by atoms with van der Waals surface area (Å²) in [7, 11) is 1.86. The minimum atomic E-state index is -0.567. The molecule has 88 valence electrons. The van der Waals surface area contributed by atoms with Gasteiger partial charge in [0.25, 0.3) is 0 Å². The van der Waals surface area contributed by atoms with Gasteiger partial charge in [0.15, 0.2) is 0 Å². The zero-order valence-corrected chi connectivity index (χ0v) is 9.47. The summed E-state index contributed by atoms with van der Waals surface area (Å²) < 4.78 is 14.6. The van der Waals surface area contributed by atoms with Crippen LogP contribution in [0.15, 0.2) is 42.4 Å². The number of hydrogen-bond acceptors (Lipinski definition) is 2. The number of halogens is 1. The highest BCUT2D eigenvalue weighted by Crippen LogP contribution is 2.18. The standard InChI is InChI=1S/C13H13FN2O/c1-16-7-6-13(15-16)11-4-2-10(3-5-11)8-12(14)9-17/h2-8,17H,9H2,1H3/b12-8+. The zero-order chi connectivity index (χ0) is 12.3. The van der Waals surface area contributed by atoms with E-state index in [2.05, 4.69) is 5.10 Å². The fourth-order valence-corrected chi connectivity index (χ4v) is 1.55. The first kappa shape index (κ1) is 11.5. The molecule has 1 N–H and O–H groups in total. The summed E-state index contributed by atoms with van der Waals surface area (Å²) in [4.78, 5) is 0. The van der Waals surface area contributed by atoms with E-state index in [0.717, 1.165) is 16.8 Å². The van der Waals surface area contributed by atoms with Crippen LogP contribution in [0.3, 0.4) is 0 Å². The van der Waals surface area contributed by atoms with E-state index in [1.165, 1.54) is 6.08 Å². The first-order valence-corrected chi connectivity index (χ1v) is 5.26. The molecule has 0 bridgehead atoms. The van der Waals surface area contributed by atoms with Crippen LogP contribution in [-0.2, 0) is 7.05 Å². The molecule has 0 amide bonds. The Morgan fingerprint density at radius 1 is 1.35 bits per heavy atom. The third-order valence-corrected chi connectivity index (χ3v) is 2.39. The van der Waals surface area contributed by atoms with Crippen molar-refractivity contribution in [2.75, 3.05) is 6.61 Å². The summed E-state index contributed by atoms with van der Waals surface area (Å²) in [5.41, 5.74) is 2.58. The zero-order valence-electron chi connectivity index (χ0n) is 9.47. The molecule has 1 aromatic carbocycles. The van der Waals surface area contributed by atoms with Crippen LogP contribution in [0, 0.1) is 0 Å². The van der Waals surface area contributed by atoms with E-state index in [9.17, 15) is 4.39 Å². The molecule has 0 unspecified atom stereocenters. The van der Waals surface area contributed by atoms with Gasteiger partial charge in [-0.2, -0.15) is 5.10 Å². The number of aromatic nitrogens is 2. The van der Waals surface area contributed by atoms with Crippen molar-refractivity contribution in [3.05, 3.63) is 47.9 Å². The highest BCUT2D eigenvalue weighted by atomic mass is 19.1. The molecular weight excluding hydrogens is 219 g/mol. The molecule has 0 atom stereocenters. The van der Waals surface area contributed by atoms with E-state index < -0.39 is 12.4 Å². The molecule has 0 saturated heterocycles. The summed E-state index contributed by atoms with van der Waals surface area (Å²) in [6.45, 7) is -0.567. The van der Waals surface area contributed by atoms with E-state index in [4.69, 9.17) is 5.11 Å². The van der Waals surface area contributed by atoms with E-state index in [-0.39, 0.29) is 0 Å². The summed E-state index contributed by atoms with van der Waals surface area (Å²) in [6.07, 6.45) is 3.18. The van der Waals surface area contributed by atoms with Gasteiger partial charge in [-0.25, -0.2) is 4.39 Å². The molecule has 3 nitrogen and oxygen atoms in total. The molecule has 0 fully saturated rings. The van der Waals surface area contributed by atoms with Crippen molar-refractivity contribution in [1.29, 1.82) is 0 Å². The molecule has 0 aliphatic rings. The van der Waals surface area contributed by atoms with E-state index in [0.29, 0.717) is 0 Å². The van der Waals surface area contributed by atoms with Crippen LogP contribution in [0.4, 0.5) is 4.39 Å². The van der Waals surface area contributed by atoms with Crippen molar-refractivity contribution >= 4 is 6.08 Å². The van der Waals surface area contributed by atoms with Gasteiger partial charge in [-0.1, -0.05) is 24.3 Å². The lowest BCUT2D eigenvalue weighted by Crippen LogP contribution is -1.88. The maximum Gasteiger partial charge on any atom is 0.126 e. The molecule has 4 heteroatoms. The summed E-state index contributed by atoms with van der Waals surface area (Å²) >= 11 is 0. The van der Waals surface area contributed by atoms with Gasteiger partial charge in [0.2, 0.25) is 0 Å². The average Bonchev–Trinajstić information content (AvgIpc) is 2.77. The SMILES string of the molecule is Cn1ccc(-c2ccc(/C=C(/F)CO)cc2)n1. The Hall–Kier alpha value is -1.94. The molecule has 0 saturated carbocycles. The molecule has 17 heavy (non-hydrogen) atoms. The minimum absolute atomic E-state index is 0.546. The van der Waals surface area contributed by atoms with Gasteiger partial charge in [0, 0.05) is 18.8 Å². The number of nitrogens with zero attached hydrogens (tertiary/aromatic N) is 2. The lowest BCUT2D eigenvalue weighted by atomic mass is 10.1. The minimum Gasteiger partial charge on any atom is -0.389 e. The van der Waals surface area contributed by atoms with Crippen molar-refractivity contribution in [2.45, 2.75) is 0 Å². The normalized spacial score (nSPS) is 11.8. The number of benzene rings is 1. The molecule has 1 aromatic heterocycles. The van der Waals surface area contributed by atoms with Crippen LogP contribution in [-0.4, -0.2) is 21.5 Å². The molecule has 2 aromatic rings. The topological polar surface area (TPSA) is 38.0 Å². The second-order valence-electron chi connectivity index (χ2n) is 3.75. The second-order valence-corrected chi connectivity index (χ2v) is 3.75. The van der Waals surface area contributed by atoms with Crippen molar-refractivity contribution in [1.82, 2.24) is 9.78 Å². The third kappa shape index (κ3) is 2.79. The number of hydrogen-bond donors (Lipinski definition) is 1. The van der Waals surface area contributed by atoms with Crippen molar-refractivity contribution in [3.8, 4) is 11.3 Å². The monoisotopic (exact) mass is 232 g/mol. The Morgan fingerprint density at radius 3 is 2.59 bits per heavy atom. The maximum absolute atomic E-state index is 12.8. The largest absolute Gasteiger partial charge is 0.389 e. The lowest BCUT2D eigenvalue weighted by Gasteiger charge is -1.98. The molecule has 2 rings (SSSR count). The summed E-state index contributed by atoms with van der Waals surface area (Å²) in [5, 5.41) is 12.9. The van der Waals surface area contributed by atoms with Crippen molar-refractivity contribution in [3.63, 3.8) is 0 Å². The third-order valence-electron chi connectivity index (χ3n) is 2.39. The average molecular weight is 232 g/mol. The van der Waals surface area contributed by atoms with Crippen LogP contribution in [0.1, 0.15) is 5.56 Å². The van der Waals surface area contributed by atoms with Gasteiger partial charge in [0.05, 0.1) is 12.3 Å². The van der Waals surface area contributed by atoms with Gasteiger partial charge in [-0.15, -0.1) is 0 Å². The summed E-state index contributed by atoms with van der Waals surface area (Å²) in [6, 6.07) is 9.25. The highest BCUT2D eigenvalue weighted by molar-refractivity contribution is 5.62. The number of aliphatic hydroxyl groups is 1. The predicted molar refractivity (Wildman–Crippen MR) is 64.8 cm³/mol. The Balaban J connectivity index is 2.24. The molecule has 0 spiro atoms. The lowest BCUT2D eigenvalue weighted by molar-refractivity contribution is 0.300. The molecule has 0 aliphatic carbocycles. The molecule has 0 aliphatic heterocycles. The fourth-order valence-electron chi connectivity index (χ4n) is 1.55. The molecule has 1 heterocycles.